The smallest absolute Gasteiger partial charge is 0.124 e. The van der Waals surface area contributed by atoms with E-state index in [0.717, 1.165) is 11.8 Å². The normalized spacial score (nSPS) is 31.3. The van der Waals surface area contributed by atoms with Gasteiger partial charge in [-0.05, 0) is 30.5 Å². The average molecular weight is 261 g/mol. The van der Waals surface area contributed by atoms with Crippen LogP contribution in [0.25, 0.3) is 0 Å². The quantitative estimate of drug-likeness (QED) is 0.613. The Morgan fingerprint density at radius 2 is 1.95 bits per heavy atom. The number of carbonyl (C=O) groups excluding carboxylic acids is 1. The molecule has 0 radical (unpaired) electrons. The number of likely N-dealkylation sites (tertiary alicyclic amines) is 1. The highest BCUT2D eigenvalue weighted by molar-refractivity contribution is 5.56. The van der Waals surface area contributed by atoms with Crippen molar-refractivity contribution >= 4 is 6.29 Å². The number of hydrogen-bond acceptors (Lipinski definition) is 2. The minimum Gasteiger partial charge on any atom is -0.303 e. The molecule has 1 fully saturated rings. The molecule has 1 aliphatic rings. The van der Waals surface area contributed by atoms with Crippen LogP contribution in [0.1, 0.15) is 19.4 Å². The number of hydrogen-bond donors (Lipinski definition) is 0. The van der Waals surface area contributed by atoms with Gasteiger partial charge in [0, 0.05) is 24.5 Å². The molecular weight excluding hydrogens is 241 g/mol. The van der Waals surface area contributed by atoms with Gasteiger partial charge in [-0.25, -0.2) is 4.39 Å². The van der Waals surface area contributed by atoms with Crippen LogP contribution in [-0.4, -0.2) is 23.3 Å². The van der Waals surface area contributed by atoms with Crippen LogP contribution in [0.2, 0.25) is 0 Å². The fourth-order valence-electron chi connectivity index (χ4n) is 3.10. The van der Waals surface area contributed by atoms with E-state index in [2.05, 4.69) is 25.3 Å². The molecule has 3 heteroatoms. The fourth-order valence-corrected chi connectivity index (χ4v) is 3.10. The van der Waals surface area contributed by atoms with E-state index in [4.69, 9.17) is 0 Å². The zero-order chi connectivity index (χ0) is 14.0. The van der Waals surface area contributed by atoms with Crippen molar-refractivity contribution in [1.82, 2.24) is 4.90 Å². The first-order valence-corrected chi connectivity index (χ1v) is 6.66. The molecule has 2 nitrogen and oxygen atoms in total. The lowest BCUT2D eigenvalue weighted by molar-refractivity contribution is -0.112. The molecule has 0 spiro atoms. The molecule has 0 N–H and O–H groups in total. The Kier molecular flexibility index (Phi) is 4.15. The number of carbonyl (C=O) groups is 1. The molecule has 4 unspecified atom stereocenters. The Morgan fingerprint density at radius 3 is 2.47 bits per heavy atom. The van der Waals surface area contributed by atoms with Gasteiger partial charge in [-0.1, -0.05) is 25.1 Å². The second kappa shape index (κ2) is 5.66. The first kappa shape index (κ1) is 13.9. The van der Waals surface area contributed by atoms with Crippen molar-refractivity contribution in [3.05, 3.63) is 48.3 Å². The summed E-state index contributed by atoms with van der Waals surface area (Å²) in [6, 6.07) is 6.90. The minimum atomic E-state index is -0.224. The van der Waals surface area contributed by atoms with Crippen molar-refractivity contribution in [3.63, 3.8) is 0 Å². The monoisotopic (exact) mass is 261 g/mol. The summed E-state index contributed by atoms with van der Waals surface area (Å²) in [5.41, 5.74) is 1.05. The number of benzene rings is 1. The van der Waals surface area contributed by atoms with Gasteiger partial charge in [0.15, 0.2) is 0 Å². The van der Waals surface area contributed by atoms with E-state index in [1.807, 2.05) is 6.08 Å². The second-order valence-corrected chi connectivity index (χ2v) is 5.34. The summed E-state index contributed by atoms with van der Waals surface area (Å²) < 4.78 is 12.9. The third kappa shape index (κ3) is 2.61. The topological polar surface area (TPSA) is 20.3 Å². The Hall–Kier alpha value is -1.48. The molecule has 1 aromatic carbocycles. The second-order valence-electron chi connectivity index (χ2n) is 5.34. The van der Waals surface area contributed by atoms with Gasteiger partial charge in [0.05, 0.1) is 0 Å². The first-order chi connectivity index (χ1) is 9.08. The first-order valence-electron chi connectivity index (χ1n) is 6.66. The van der Waals surface area contributed by atoms with Crippen LogP contribution in [0.15, 0.2) is 36.9 Å². The van der Waals surface area contributed by atoms with Crippen molar-refractivity contribution < 1.29 is 9.18 Å². The lowest BCUT2D eigenvalue weighted by atomic mass is 9.90. The van der Waals surface area contributed by atoms with E-state index < -0.39 is 0 Å². The molecule has 0 aromatic heterocycles. The van der Waals surface area contributed by atoms with E-state index in [1.165, 1.54) is 12.1 Å². The molecule has 1 heterocycles. The summed E-state index contributed by atoms with van der Waals surface area (Å²) >= 11 is 0. The molecule has 1 aromatic rings. The SMILES string of the molecule is C=CC1C(C)C(C=O)C(C)N1Cc1ccc(F)cc1. The summed E-state index contributed by atoms with van der Waals surface area (Å²) in [6.07, 6.45) is 2.96. The summed E-state index contributed by atoms with van der Waals surface area (Å²) in [7, 11) is 0. The van der Waals surface area contributed by atoms with Gasteiger partial charge in [0.25, 0.3) is 0 Å². The Bertz CT molecular complexity index is 456. The molecule has 19 heavy (non-hydrogen) atoms. The highest BCUT2D eigenvalue weighted by atomic mass is 19.1. The van der Waals surface area contributed by atoms with Crippen molar-refractivity contribution in [3.8, 4) is 0 Å². The highest BCUT2D eigenvalue weighted by Gasteiger charge is 2.42. The van der Waals surface area contributed by atoms with E-state index in [0.29, 0.717) is 6.54 Å². The Balaban J connectivity index is 2.20. The third-order valence-corrected chi connectivity index (χ3v) is 4.29. The van der Waals surface area contributed by atoms with E-state index in [9.17, 15) is 9.18 Å². The van der Waals surface area contributed by atoms with E-state index >= 15 is 0 Å². The van der Waals surface area contributed by atoms with Crippen molar-refractivity contribution in [2.24, 2.45) is 11.8 Å². The number of rotatable bonds is 4. The van der Waals surface area contributed by atoms with E-state index in [1.54, 1.807) is 12.1 Å². The molecule has 102 valence electrons. The highest BCUT2D eigenvalue weighted by Crippen LogP contribution is 2.35. The molecule has 0 aliphatic carbocycles. The predicted molar refractivity (Wildman–Crippen MR) is 74.1 cm³/mol. The van der Waals surface area contributed by atoms with Crippen LogP contribution < -0.4 is 0 Å². The molecule has 4 atom stereocenters. The van der Waals surface area contributed by atoms with Gasteiger partial charge < -0.3 is 4.79 Å². The maximum absolute atomic E-state index is 12.9. The van der Waals surface area contributed by atoms with Gasteiger partial charge in [0.2, 0.25) is 0 Å². The van der Waals surface area contributed by atoms with Crippen LogP contribution in [0.5, 0.6) is 0 Å². The Morgan fingerprint density at radius 1 is 1.32 bits per heavy atom. The van der Waals surface area contributed by atoms with Crippen molar-refractivity contribution in [2.75, 3.05) is 0 Å². The zero-order valence-electron chi connectivity index (χ0n) is 11.4. The minimum absolute atomic E-state index is 0.0310. The maximum atomic E-state index is 12.9. The summed E-state index contributed by atoms with van der Waals surface area (Å²) in [5.74, 6) is 0.0755. The van der Waals surface area contributed by atoms with Gasteiger partial charge in [0.1, 0.15) is 12.1 Å². The third-order valence-electron chi connectivity index (χ3n) is 4.29. The van der Waals surface area contributed by atoms with Crippen LogP contribution in [-0.2, 0) is 11.3 Å². The lowest BCUT2D eigenvalue weighted by Crippen LogP contribution is -2.34. The number of aldehydes is 1. The fraction of sp³-hybridized carbons (Fsp3) is 0.438. The molecular formula is C16H20FNO. The average Bonchev–Trinajstić information content (AvgIpc) is 2.63. The molecule has 0 amide bonds. The van der Waals surface area contributed by atoms with Crippen molar-refractivity contribution in [1.29, 1.82) is 0 Å². The molecule has 0 saturated carbocycles. The lowest BCUT2D eigenvalue weighted by Gasteiger charge is -2.27. The molecule has 1 saturated heterocycles. The number of halogens is 1. The van der Waals surface area contributed by atoms with Gasteiger partial charge in [-0.15, -0.1) is 6.58 Å². The van der Waals surface area contributed by atoms with Crippen LogP contribution in [0.4, 0.5) is 4.39 Å². The van der Waals surface area contributed by atoms with Gasteiger partial charge >= 0.3 is 0 Å². The number of nitrogens with zero attached hydrogens (tertiary/aromatic N) is 1. The molecule has 2 rings (SSSR count). The largest absolute Gasteiger partial charge is 0.303 e. The van der Waals surface area contributed by atoms with Crippen LogP contribution in [0.3, 0.4) is 0 Å². The summed E-state index contributed by atoms with van der Waals surface area (Å²) in [5, 5.41) is 0. The maximum Gasteiger partial charge on any atom is 0.124 e. The van der Waals surface area contributed by atoms with Crippen molar-refractivity contribution in [2.45, 2.75) is 32.5 Å². The molecule has 0 bridgehead atoms. The van der Waals surface area contributed by atoms with Crippen LogP contribution >= 0.6 is 0 Å². The zero-order valence-corrected chi connectivity index (χ0v) is 11.4. The summed E-state index contributed by atoms with van der Waals surface area (Å²) in [4.78, 5) is 13.5. The van der Waals surface area contributed by atoms with Gasteiger partial charge in [-0.2, -0.15) is 0 Å². The summed E-state index contributed by atoms with van der Waals surface area (Å²) in [6.45, 7) is 8.76. The molecule has 1 aliphatic heterocycles. The van der Waals surface area contributed by atoms with Gasteiger partial charge in [-0.3, -0.25) is 4.90 Å². The Labute approximate surface area is 113 Å². The predicted octanol–water partition coefficient (Wildman–Crippen LogP) is 3.04. The van der Waals surface area contributed by atoms with Crippen LogP contribution in [0, 0.1) is 17.7 Å². The van der Waals surface area contributed by atoms with E-state index in [-0.39, 0.29) is 29.7 Å². The standard InChI is InChI=1S/C16H20FNO/c1-4-16-11(2)15(10-19)12(3)18(16)9-13-5-7-14(17)8-6-13/h4-8,10-12,15-16H,1,9H2,2-3H3.